The SMILES string of the molecule is CCNC(=NCC(c1ccco1)N(CC)CC)NC(C)C.I. The van der Waals surface area contributed by atoms with Gasteiger partial charge in [0.1, 0.15) is 5.76 Å². The molecule has 0 radical (unpaired) electrons. The highest BCUT2D eigenvalue weighted by Crippen LogP contribution is 2.21. The van der Waals surface area contributed by atoms with Crippen LogP contribution in [0.15, 0.2) is 27.8 Å². The molecule has 0 aliphatic heterocycles. The van der Waals surface area contributed by atoms with Crippen LogP contribution >= 0.6 is 24.0 Å². The molecule has 0 aromatic carbocycles. The van der Waals surface area contributed by atoms with Gasteiger partial charge in [-0.15, -0.1) is 24.0 Å². The van der Waals surface area contributed by atoms with Gasteiger partial charge in [0.2, 0.25) is 0 Å². The van der Waals surface area contributed by atoms with Crippen LogP contribution in [-0.2, 0) is 0 Å². The van der Waals surface area contributed by atoms with E-state index in [1.165, 1.54) is 0 Å². The summed E-state index contributed by atoms with van der Waals surface area (Å²) in [5, 5.41) is 6.63. The van der Waals surface area contributed by atoms with Crippen LogP contribution in [0.5, 0.6) is 0 Å². The second-order valence-electron chi connectivity index (χ2n) is 5.27. The fourth-order valence-corrected chi connectivity index (χ4v) is 2.30. The molecular formula is C16H31IN4O. The molecule has 22 heavy (non-hydrogen) atoms. The third kappa shape index (κ3) is 7.00. The molecule has 1 atom stereocenters. The fraction of sp³-hybridized carbons (Fsp3) is 0.688. The van der Waals surface area contributed by atoms with Crippen molar-refractivity contribution in [1.29, 1.82) is 0 Å². The smallest absolute Gasteiger partial charge is 0.191 e. The van der Waals surface area contributed by atoms with Crippen molar-refractivity contribution in [3.8, 4) is 0 Å². The first-order chi connectivity index (χ1) is 10.1. The van der Waals surface area contributed by atoms with Crippen molar-refractivity contribution in [3.63, 3.8) is 0 Å². The Morgan fingerprint density at radius 1 is 1.27 bits per heavy atom. The summed E-state index contributed by atoms with van der Waals surface area (Å²) in [6, 6.07) is 4.50. The maximum absolute atomic E-state index is 5.60. The van der Waals surface area contributed by atoms with Gasteiger partial charge in [0.25, 0.3) is 0 Å². The average Bonchev–Trinajstić information content (AvgIpc) is 2.96. The summed E-state index contributed by atoms with van der Waals surface area (Å²) in [4.78, 5) is 7.08. The number of halogens is 1. The molecule has 0 bridgehead atoms. The predicted molar refractivity (Wildman–Crippen MR) is 104 cm³/mol. The highest BCUT2D eigenvalue weighted by atomic mass is 127. The Labute approximate surface area is 152 Å². The van der Waals surface area contributed by atoms with Crippen LogP contribution in [0.3, 0.4) is 0 Å². The highest BCUT2D eigenvalue weighted by Gasteiger charge is 2.20. The number of hydrogen-bond acceptors (Lipinski definition) is 3. The van der Waals surface area contributed by atoms with Crippen molar-refractivity contribution in [3.05, 3.63) is 24.2 Å². The zero-order chi connectivity index (χ0) is 15.7. The molecule has 0 saturated heterocycles. The maximum Gasteiger partial charge on any atom is 0.191 e. The van der Waals surface area contributed by atoms with Gasteiger partial charge in [0.15, 0.2) is 5.96 Å². The van der Waals surface area contributed by atoms with Crippen LogP contribution in [0.2, 0.25) is 0 Å². The molecular weight excluding hydrogens is 391 g/mol. The largest absolute Gasteiger partial charge is 0.468 e. The van der Waals surface area contributed by atoms with Crippen LogP contribution in [0, 0.1) is 0 Å². The van der Waals surface area contributed by atoms with E-state index in [2.05, 4.69) is 50.2 Å². The summed E-state index contributed by atoms with van der Waals surface area (Å²) in [6.07, 6.45) is 1.73. The van der Waals surface area contributed by atoms with E-state index in [1.807, 2.05) is 12.1 Å². The quantitative estimate of drug-likeness (QED) is 0.384. The Morgan fingerprint density at radius 3 is 2.41 bits per heavy atom. The van der Waals surface area contributed by atoms with Gasteiger partial charge in [-0.05, 0) is 46.0 Å². The lowest BCUT2D eigenvalue weighted by Crippen LogP contribution is -2.41. The highest BCUT2D eigenvalue weighted by molar-refractivity contribution is 14.0. The van der Waals surface area contributed by atoms with Crippen LogP contribution in [0.4, 0.5) is 0 Å². The molecule has 1 heterocycles. The minimum atomic E-state index is 0. The first kappa shape index (κ1) is 21.2. The van der Waals surface area contributed by atoms with E-state index in [0.29, 0.717) is 12.6 Å². The van der Waals surface area contributed by atoms with E-state index < -0.39 is 0 Å². The number of guanidine groups is 1. The normalized spacial score (nSPS) is 13.1. The molecule has 0 saturated carbocycles. The molecule has 128 valence electrons. The number of hydrogen-bond donors (Lipinski definition) is 2. The average molecular weight is 422 g/mol. The van der Waals surface area contributed by atoms with Gasteiger partial charge in [-0.2, -0.15) is 0 Å². The molecule has 1 rings (SSSR count). The van der Waals surface area contributed by atoms with E-state index in [0.717, 1.165) is 31.4 Å². The number of furan rings is 1. The summed E-state index contributed by atoms with van der Waals surface area (Å²) in [7, 11) is 0. The van der Waals surface area contributed by atoms with Crippen molar-refractivity contribution in [1.82, 2.24) is 15.5 Å². The van der Waals surface area contributed by atoms with Crippen molar-refractivity contribution in [2.45, 2.75) is 46.7 Å². The number of rotatable bonds is 8. The van der Waals surface area contributed by atoms with E-state index >= 15 is 0 Å². The van der Waals surface area contributed by atoms with Crippen LogP contribution in [0.25, 0.3) is 0 Å². The molecule has 1 unspecified atom stereocenters. The molecule has 1 aromatic heterocycles. The number of likely N-dealkylation sites (N-methyl/N-ethyl adjacent to an activating group) is 1. The molecule has 0 amide bonds. The summed E-state index contributed by atoms with van der Waals surface area (Å²) in [5.74, 6) is 1.83. The Balaban J connectivity index is 0.00000441. The van der Waals surface area contributed by atoms with Gasteiger partial charge in [-0.25, -0.2) is 0 Å². The third-order valence-electron chi connectivity index (χ3n) is 3.32. The van der Waals surface area contributed by atoms with Crippen molar-refractivity contribution < 1.29 is 4.42 Å². The molecule has 0 aliphatic rings. The van der Waals surface area contributed by atoms with Crippen LogP contribution < -0.4 is 10.6 Å². The van der Waals surface area contributed by atoms with Gasteiger partial charge >= 0.3 is 0 Å². The van der Waals surface area contributed by atoms with Crippen molar-refractivity contribution in [2.24, 2.45) is 4.99 Å². The van der Waals surface area contributed by atoms with Gasteiger partial charge in [-0.1, -0.05) is 13.8 Å². The Morgan fingerprint density at radius 2 is 1.95 bits per heavy atom. The molecule has 1 aromatic rings. The summed E-state index contributed by atoms with van der Waals surface area (Å²) in [6.45, 7) is 14.1. The zero-order valence-electron chi connectivity index (χ0n) is 14.4. The Kier molecular flexibility index (Phi) is 11.4. The van der Waals surface area contributed by atoms with Gasteiger partial charge in [-0.3, -0.25) is 9.89 Å². The maximum atomic E-state index is 5.60. The van der Waals surface area contributed by atoms with Gasteiger partial charge < -0.3 is 15.1 Å². The van der Waals surface area contributed by atoms with Gasteiger partial charge in [0, 0.05) is 12.6 Å². The fourth-order valence-electron chi connectivity index (χ4n) is 2.30. The molecule has 5 nitrogen and oxygen atoms in total. The lowest BCUT2D eigenvalue weighted by Gasteiger charge is -2.27. The van der Waals surface area contributed by atoms with E-state index in [-0.39, 0.29) is 30.0 Å². The standard InChI is InChI=1S/C16H30N4O.HI/c1-6-17-16(19-13(4)5)18-12-14(20(7-2)8-3)15-10-9-11-21-15;/h9-11,13-14H,6-8,12H2,1-5H3,(H2,17,18,19);1H. The second-order valence-corrected chi connectivity index (χ2v) is 5.27. The topological polar surface area (TPSA) is 52.8 Å². The lowest BCUT2D eigenvalue weighted by atomic mass is 10.2. The predicted octanol–water partition coefficient (Wildman–Crippen LogP) is 3.24. The monoisotopic (exact) mass is 422 g/mol. The van der Waals surface area contributed by atoms with Crippen LogP contribution in [0.1, 0.15) is 46.4 Å². The van der Waals surface area contributed by atoms with Crippen LogP contribution in [-0.4, -0.2) is 43.1 Å². The van der Waals surface area contributed by atoms with E-state index in [9.17, 15) is 0 Å². The molecule has 0 fully saturated rings. The summed E-state index contributed by atoms with van der Waals surface area (Å²) in [5.41, 5.74) is 0. The Bertz CT molecular complexity index is 402. The van der Waals surface area contributed by atoms with Crippen molar-refractivity contribution in [2.75, 3.05) is 26.2 Å². The zero-order valence-corrected chi connectivity index (χ0v) is 16.8. The van der Waals surface area contributed by atoms with E-state index in [1.54, 1.807) is 6.26 Å². The summed E-state index contributed by atoms with van der Waals surface area (Å²) >= 11 is 0. The minimum Gasteiger partial charge on any atom is -0.468 e. The number of nitrogens with one attached hydrogen (secondary N) is 2. The molecule has 0 aliphatic carbocycles. The van der Waals surface area contributed by atoms with Crippen molar-refractivity contribution >= 4 is 29.9 Å². The van der Waals surface area contributed by atoms with Gasteiger partial charge in [0.05, 0.1) is 18.8 Å². The Hall–Kier alpha value is -0.760. The minimum absolute atomic E-state index is 0. The third-order valence-corrected chi connectivity index (χ3v) is 3.32. The molecule has 0 spiro atoms. The summed E-state index contributed by atoms with van der Waals surface area (Å²) < 4.78 is 5.60. The first-order valence-electron chi connectivity index (χ1n) is 7.94. The molecule has 6 heteroatoms. The number of nitrogens with zero attached hydrogens (tertiary/aromatic N) is 2. The molecule has 2 N–H and O–H groups in total. The first-order valence-corrected chi connectivity index (χ1v) is 7.94. The van der Waals surface area contributed by atoms with E-state index in [4.69, 9.17) is 9.41 Å². The number of aliphatic imine (C=N–C) groups is 1. The second kappa shape index (κ2) is 11.8. The lowest BCUT2D eigenvalue weighted by molar-refractivity contribution is 0.198.